The number of hydrazone groups is 1. The van der Waals surface area contributed by atoms with Crippen LogP contribution in [0.2, 0.25) is 0 Å². The van der Waals surface area contributed by atoms with E-state index < -0.39 is 0 Å². The van der Waals surface area contributed by atoms with Gasteiger partial charge in [-0.05, 0) is 58.6 Å². The highest BCUT2D eigenvalue weighted by Crippen LogP contribution is 2.36. The van der Waals surface area contributed by atoms with E-state index in [1.807, 2.05) is 36.4 Å². The lowest BCUT2D eigenvalue weighted by Crippen LogP contribution is -2.41. The van der Waals surface area contributed by atoms with Crippen molar-refractivity contribution >= 4 is 28.2 Å². The molecule has 2 N–H and O–H groups in total. The maximum atomic E-state index is 12.0. The quantitative estimate of drug-likeness (QED) is 0.298. The summed E-state index contributed by atoms with van der Waals surface area (Å²) in [7, 11) is 1.58. The molecule has 1 fully saturated rings. The molecule has 0 spiro atoms. The first-order chi connectivity index (χ1) is 15.2. The number of urea groups is 1. The van der Waals surface area contributed by atoms with Crippen molar-refractivity contribution in [2.45, 2.75) is 38.1 Å². The second kappa shape index (κ2) is 12.2. The summed E-state index contributed by atoms with van der Waals surface area (Å²) in [6, 6.07) is 13.2. The van der Waals surface area contributed by atoms with E-state index in [1.165, 1.54) is 6.42 Å². The molecule has 2 aromatic carbocycles. The van der Waals surface area contributed by atoms with E-state index in [-0.39, 0.29) is 12.1 Å². The molecule has 2 amide bonds. The fourth-order valence-corrected chi connectivity index (χ4v) is 3.98. The van der Waals surface area contributed by atoms with Crippen molar-refractivity contribution in [2.75, 3.05) is 20.3 Å². The monoisotopic (exact) mass is 489 g/mol. The van der Waals surface area contributed by atoms with Crippen molar-refractivity contribution in [1.29, 1.82) is 0 Å². The Labute approximate surface area is 191 Å². The highest BCUT2D eigenvalue weighted by molar-refractivity contribution is 9.10. The van der Waals surface area contributed by atoms with Crippen LogP contribution in [0.4, 0.5) is 4.79 Å². The first kappa shape index (κ1) is 22.9. The number of hydrogen-bond acceptors (Lipinski definition) is 5. The molecule has 0 aliphatic heterocycles. The lowest BCUT2D eigenvalue weighted by Gasteiger charge is -2.22. The van der Waals surface area contributed by atoms with Crippen molar-refractivity contribution in [3.05, 3.63) is 52.5 Å². The molecule has 0 aromatic heterocycles. The highest BCUT2D eigenvalue weighted by atomic mass is 79.9. The predicted octanol–water partition coefficient (Wildman–Crippen LogP) is 4.88. The van der Waals surface area contributed by atoms with Crippen LogP contribution in [-0.2, 0) is 0 Å². The Balaban J connectivity index is 1.50. The Bertz CT molecular complexity index is 871. The van der Waals surface area contributed by atoms with Crippen molar-refractivity contribution < 1.29 is 19.0 Å². The van der Waals surface area contributed by atoms with Gasteiger partial charge in [0.05, 0.1) is 17.8 Å². The molecule has 0 atom stereocenters. The van der Waals surface area contributed by atoms with Gasteiger partial charge in [-0.3, -0.25) is 0 Å². The third-order valence-electron chi connectivity index (χ3n) is 4.91. The van der Waals surface area contributed by atoms with Crippen LogP contribution in [0.5, 0.6) is 17.2 Å². The number of halogens is 1. The van der Waals surface area contributed by atoms with E-state index in [4.69, 9.17) is 14.2 Å². The van der Waals surface area contributed by atoms with Gasteiger partial charge in [-0.2, -0.15) is 5.10 Å². The number of amides is 2. The van der Waals surface area contributed by atoms with Gasteiger partial charge in [0.1, 0.15) is 19.0 Å². The number of carbonyl (C=O) groups is 1. The average Bonchev–Trinajstić information content (AvgIpc) is 2.79. The fourth-order valence-electron chi connectivity index (χ4n) is 3.40. The van der Waals surface area contributed by atoms with Crippen LogP contribution in [0, 0.1) is 0 Å². The topological polar surface area (TPSA) is 81.2 Å². The summed E-state index contributed by atoms with van der Waals surface area (Å²) >= 11 is 3.52. The van der Waals surface area contributed by atoms with E-state index in [2.05, 4.69) is 31.8 Å². The Morgan fingerprint density at radius 2 is 1.87 bits per heavy atom. The van der Waals surface area contributed by atoms with Crippen LogP contribution in [0.25, 0.3) is 0 Å². The van der Waals surface area contributed by atoms with Gasteiger partial charge in [0, 0.05) is 6.04 Å². The zero-order valence-corrected chi connectivity index (χ0v) is 19.2. The largest absolute Gasteiger partial charge is 0.493 e. The van der Waals surface area contributed by atoms with Crippen LogP contribution in [0.3, 0.4) is 0 Å². The first-order valence-corrected chi connectivity index (χ1v) is 11.2. The summed E-state index contributed by atoms with van der Waals surface area (Å²) in [6.07, 6.45) is 7.19. The van der Waals surface area contributed by atoms with Crippen molar-refractivity contribution in [3.63, 3.8) is 0 Å². The smallest absolute Gasteiger partial charge is 0.335 e. The molecule has 31 heavy (non-hydrogen) atoms. The Morgan fingerprint density at radius 3 is 2.61 bits per heavy atom. The molecule has 2 aromatic rings. The molecule has 8 heteroatoms. The van der Waals surface area contributed by atoms with E-state index in [0.717, 1.165) is 41.5 Å². The fraction of sp³-hybridized carbons (Fsp3) is 0.391. The SMILES string of the molecule is COc1cc(C=NNC(=O)NC2CCCCC2)cc(Br)c1OCCOc1ccccc1. The average molecular weight is 490 g/mol. The summed E-state index contributed by atoms with van der Waals surface area (Å²) in [5, 5.41) is 7.00. The number of hydrogen-bond donors (Lipinski definition) is 2. The van der Waals surface area contributed by atoms with Crippen LogP contribution < -0.4 is 25.0 Å². The van der Waals surface area contributed by atoms with Gasteiger partial charge in [-0.25, -0.2) is 10.2 Å². The minimum atomic E-state index is -0.285. The van der Waals surface area contributed by atoms with E-state index in [9.17, 15) is 4.79 Å². The number of carbonyl (C=O) groups excluding carboxylic acids is 1. The Kier molecular flexibility index (Phi) is 9.02. The van der Waals surface area contributed by atoms with Crippen molar-refractivity contribution in [1.82, 2.24) is 10.7 Å². The van der Waals surface area contributed by atoms with Gasteiger partial charge in [-0.1, -0.05) is 37.5 Å². The number of benzene rings is 2. The van der Waals surface area contributed by atoms with Crippen LogP contribution in [0.1, 0.15) is 37.7 Å². The molecule has 7 nitrogen and oxygen atoms in total. The van der Waals surface area contributed by atoms with E-state index in [0.29, 0.717) is 24.7 Å². The molecule has 0 radical (unpaired) electrons. The number of nitrogens with one attached hydrogen (secondary N) is 2. The molecule has 1 aliphatic rings. The summed E-state index contributed by atoms with van der Waals surface area (Å²) in [4.78, 5) is 12.0. The molecule has 3 rings (SSSR count). The third kappa shape index (κ3) is 7.47. The molecule has 1 aliphatic carbocycles. The van der Waals surface area contributed by atoms with Gasteiger partial charge < -0.3 is 19.5 Å². The maximum absolute atomic E-state index is 12.0. The Hall–Kier alpha value is -2.74. The summed E-state index contributed by atoms with van der Waals surface area (Å²) in [5.41, 5.74) is 3.28. The first-order valence-electron chi connectivity index (χ1n) is 10.4. The molecule has 0 saturated heterocycles. The minimum absolute atomic E-state index is 0.237. The lowest BCUT2D eigenvalue weighted by atomic mass is 9.96. The standard InChI is InChI=1S/C23H28BrN3O4/c1-29-21-15-17(16-25-27-23(28)26-18-8-4-2-5-9-18)14-20(24)22(21)31-13-12-30-19-10-6-3-7-11-19/h3,6-7,10-11,14-16,18H,2,4-5,8-9,12-13H2,1H3,(H2,26,27,28). The molecule has 0 heterocycles. The second-order valence-electron chi connectivity index (χ2n) is 7.22. The molecular weight excluding hydrogens is 462 g/mol. The number of ether oxygens (including phenoxy) is 3. The normalized spacial score (nSPS) is 14.3. The van der Waals surface area contributed by atoms with Crippen LogP contribution in [-0.4, -0.2) is 38.6 Å². The number of nitrogens with zero attached hydrogens (tertiary/aromatic N) is 1. The van der Waals surface area contributed by atoms with E-state index >= 15 is 0 Å². The lowest BCUT2D eigenvalue weighted by molar-refractivity contribution is 0.210. The number of rotatable bonds is 9. The Morgan fingerprint density at radius 1 is 1.13 bits per heavy atom. The van der Waals surface area contributed by atoms with Crippen molar-refractivity contribution in [3.8, 4) is 17.2 Å². The molecule has 0 bridgehead atoms. The summed E-state index contributed by atoms with van der Waals surface area (Å²) in [5.74, 6) is 1.94. The summed E-state index contributed by atoms with van der Waals surface area (Å²) < 4.78 is 17.7. The molecule has 166 valence electrons. The zero-order valence-electron chi connectivity index (χ0n) is 17.6. The molecule has 0 unspecified atom stereocenters. The summed E-state index contributed by atoms with van der Waals surface area (Å²) in [6.45, 7) is 0.767. The number of para-hydroxylation sites is 1. The van der Waals surface area contributed by atoms with Gasteiger partial charge in [-0.15, -0.1) is 0 Å². The highest BCUT2D eigenvalue weighted by Gasteiger charge is 2.15. The maximum Gasteiger partial charge on any atom is 0.335 e. The number of methoxy groups -OCH3 is 1. The minimum Gasteiger partial charge on any atom is -0.493 e. The van der Waals surface area contributed by atoms with Gasteiger partial charge in [0.25, 0.3) is 0 Å². The molecule has 1 saturated carbocycles. The van der Waals surface area contributed by atoms with Crippen LogP contribution in [0.15, 0.2) is 52.0 Å². The second-order valence-corrected chi connectivity index (χ2v) is 8.08. The van der Waals surface area contributed by atoms with Gasteiger partial charge >= 0.3 is 6.03 Å². The third-order valence-corrected chi connectivity index (χ3v) is 5.50. The van der Waals surface area contributed by atoms with Crippen molar-refractivity contribution in [2.24, 2.45) is 5.10 Å². The predicted molar refractivity (Wildman–Crippen MR) is 124 cm³/mol. The van der Waals surface area contributed by atoms with E-state index in [1.54, 1.807) is 19.4 Å². The van der Waals surface area contributed by atoms with Gasteiger partial charge in [0.2, 0.25) is 0 Å². The zero-order chi connectivity index (χ0) is 21.9. The van der Waals surface area contributed by atoms with Crippen LogP contribution >= 0.6 is 15.9 Å². The molecular formula is C23H28BrN3O4. The van der Waals surface area contributed by atoms with Gasteiger partial charge in [0.15, 0.2) is 11.5 Å².